The Hall–Kier alpha value is -2.45. The van der Waals surface area contributed by atoms with Gasteiger partial charge in [-0.1, -0.05) is 18.2 Å². The maximum absolute atomic E-state index is 13.1. The molecule has 33 heavy (non-hydrogen) atoms. The summed E-state index contributed by atoms with van der Waals surface area (Å²) in [6.45, 7) is 4.57. The number of rotatable bonds is 6. The molecule has 8 heteroatoms. The van der Waals surface area contributed by atoms with Gasteiger partial charge < -0.3 is 10.6 Å². The second-order valence-electron chi connectivity index (χ2n) is 9.26. The molecule has 4 rings (SSSR count). The van der Waals surface area contributed by atoms with Crippen molar-refractivity contribution in [1.82, 2.24) is 10.0 Å². The Kier molecular flexibility index (Phi) is 7.05. The second-order valence-corrected chi connectivity index (χ2v) is 10.9. The maximum atomic E-state index is 13.1. The first-order chi connectivity index (χ1) is 15.7. The molecule has 0 spiro atoms. The summed E-state index contributed by atoms with van der Waals surface area (Å²) in [7, 11) is -3.64. The monoisotopic (exact) mass is 473 g/mol. The third-order valence-electron chi connectivity index (χ3n) is 6.78. The number of benzene rings is 2. The van der Waals surface area contributed by atoms with Gasteiger partial charge in [0.05, 0.1) is 10.9 Å². The molecule has 0 bridgehead atoms. The summed E-state index contributed by atoms with van der Waals surface area (Å²) in [4.78, 5) is 13.0. The zero-order valence-electron chi connectivity index (χ0n) is 19.2. The second kappa shape index (κ2) is 9.81. The van der Waals surface area contributed by atoms with Crippen molar-refractivity contribution in [3.63, 3.8) is 0 Å². The van der Waals surface area contributed by atoms with Gasteiger partial charge in [-0.3, -0.25) is 4.79 Å². The first kappa shape index (κ1) is 23.7. The van der Waals surface area contributed by atoms with E-state index in [2.05, 4.69) is 15.4 Å². The van der Waals surface area contributed by atoms with E-state index in [-0.39, 0.29) is 29.7 Å². The molecule has 1 aliphatic carbocycles. The smallest absolute Gasteiger partial charge is 0.241 e. The number of carbonyl (C=O) groups is 1. The highest BCUT2D eigenvalue weighted by Crippen LogP contribution is 2.30. The molecule has 2 aliphatic rings. The van der Waals surface area contributed by atoms with E-state index in [0.717, 1.165) is 36.2 Å². The number of fused-ring (bicyclic) bond motifs is 1. The van der Waals surface area contributed by atoms with E-state index in [9.17, 15) is 17.6 Å². The fraction of sp³-hybridized carbons (Fsp3) is 0.480. The van der Waals surface area contributed by atoms with Crippen molar-refractivity contribution in [3.8, 4) is 0 Å². The molecule has 0 saturated heterocycles. The normalized spacial score (nSPS) is 21.5. The molecule has 1 atom stereocenters. The molecule has 0 unspecified atom stereocenters. The predicted molar refractivity (Wildman–Crippen MR) is 127 cm³/mol. The minimum absolute atomic E-state index is 0.0373. The molecular weight excluding hydrogens is 441 g/mol. The van der Waals surface area contributed by atoms with Crippen molar-refractivity contribution < 1.29 is 17.6 Å². The number of nitrogens with one attached hydrogen (secondary N) is 3. The Morgan fingerprint density at radius 1 is 1.12 bits per heavy atom. The molecule has 1 amide bonds. The van der Waals surface area contributed by atoms with Gasteiger partial charge in [0.25, 0.3) is 0 Å². The molecule has 0 radical (unpaired) electrons. The minimum Gasteiger partial charge on any atom is -0.385 e. The largest absolute Gasteiger partial charge is 0.385 e. The lowest BCUT2D eigenvalue weighted by molar-refractivity contribution is -0.126. The van der Waals surface area contributed by atoms with Crippen molar-refractivity contribution in [1.29, 1.82) is 0 Å². The van der Waals surface area contributed by atoms with Crippen molar-refractivity contribution in [2.75, 3.05) is 11.9 Å². The lowest BCUT2D eigenvalue weighted by Crippen LogP contribution is -2.41. The number of sulfonamides is 1. The van der Waals surface area contributed by atoms with Gasteiger partial charge in [-0.25, -0.2) is 17.5 Å². The van der Waals surface area contributed by atoms with Crippen LogP contribution in [0.2, 0.25) is 0 Å². The van der Waals surface area contributed by atoms with E-state index < -0.39 is 10.0 Å². The number of aryl methyl sites for hydroxylation is 2. The first-order valence-electron chi connectivity index (χ1n) is 11.7. The van der Waals surface area contributed by atoms with Crippen LogP contribution in [-0.2, 0) is 21.2 Å². The van der Waals surface area contributed by atoms with Crippen LogP contribution in [0.3, 0.4) is 0 Å². The number of carbonyl (C=O) groups excluding carboxylic acids is 1. The minimum atomic E-state index is -3.64. The van der Waals surface area contributed by atoms with Crippen LogP contribution >= 0.6 is 0 Å². The Balaban J connectivity index is 1.33. The Labute approximate surface area is 195 Å². The summed E-state index contributed by atoms with van der Waals surface area (Å²) in [6.07, 6.45) is 4.49. The summed E-state index contributed by atoms with van der Waals surface area (Å²) in [5.41, 5.74) is 3.68. The molecule has 178 valence electrons. The zero-order chi connectivity index (χ0) is 23.6. The first-order valence-corrected chi connectivity index (χ1v) is 13.2. The van der Waals surface area contributed by atoms with Crippen LogP contribution in [0, 0.1) is 18.7 Å². The number of amides is 1. The van der Waals surface area contributed by atoms with Gasteiger partial charge in [-0.2, -0.15) is 0 Å². The average molecular weight is 474 g/mol. The number of hydrogen-bond acceptors (Lipinski definition) is 4. The van der Waals surface area contributed by atoms with Gasteiger partial charge in [-0.15, -0.1) is 0 Å². The summed E-state index contributed by atoms with van der Waals surface area (Å²) < 4.78 is 42.2. The third-order valence-corrected chi connectivity index (χ3v) is 8.44. The summed E-state index contributed by atoms with van der Waals surface area (Å²) >= 11 is 0. The molecule has 1 saturated carbocycles. The van der Waals surface area contributed by atoms with E-state index in [1.54, 1.807) is 18.2 Å². The van der Waals surface area contributed by atoms with Gasteiger partial charge in [0, 0.05) is 24.2 Å². The van der Waals surface area contributed by atoms with E-state index >= 15 is 0 Å². The molecule has 6 nitrogen and oxygen atoms in total. The lowest BCUT2D eigenvalue weighted by Gasteiger charge is -2.29. The van der Waals surface area contributed by atoms with E-state index in [0.29, 0.717) is 30.6 Å². The molecule has 2 aromatic carbocycles. The standard InChI is InChI=1S/C25H32FN3O3S/c1-16-14-20-4-3-13-27-23(20)15-24(16)33(31,32)29-22-11-7-19(8-12-22)25(30)28-17(2)18-5-9-21(26)10-6-18/h5-6,9-10,14-15,17,19,22,27,29H,3-4,7-8,11-13H2,1-2H3,(H,28,30)/t17-,19-,22-/m1/s1. The van der Waals surface area contributed by atoms with Crippen molar-refractivity contribution >= 4 is 21.6 Å². The molecular formula is C25H32FN3O3S. The van der Waals surface area contributed by atoms with Crippen LogP contribution < -0.4 is 15.4 Å². The summed E-state index contributed by atoms with van der Waals surface area (Å²) in [5.74, 6) is -0.493. The van der Waals surface area contributed by atoms with Crippen LogP contribution in [0.4, 0.5) is 10.1 Å². The van der Waals surface area contributed by atoms with Gasteiger partial charge in [0.2, 0.25) is 15.9 Å². The number of hydrogen-bond donors (Lipinski definition) is 3. The highest BCUT2D eigenvalue weighted by atomic mass is 32.2. The van der Waals surface area contributed by atoms with Crippen LogP contribution in [-0.4, -0.2) is 26.9 Å². The van der Waals surface area contributed by atoms with E-state index in [1.807, 2.05) is 19.9 Å². The Morgan fingerprint density at radius 3 is 2.52 bits per heavy atom. The van der Waals surface area contributed by atoms with Crippen molar-refractivity contribution in [3.05, 3.63) is 58.9 Å². The molecule has 1 fully saturated rings. The fourth-order valence-electron chi connectivity index (χ4n) is 4.83. The highest BCUT2D eigenvalue weighted by molar-refractivity contribution is 7.89. The quantitative estimate of drug-likeness (QED) is 0.587. The lowest BCUT2D eigenvalue weighted by atomic mass is 9.85. The van der Waals surface area contributed by atoms with Gasteiger partial charge in [-0.05, 0) is 87.3 Å². The van der Waals surface area contributed by atoms with Gasteiger partial charge >= 0.3 is 0 Å². The third kappa shape index (κ3) is 5.55. The van der Waals surface area contributed by atoms with Crippen LogP contribution in [0.1, 0.15) is 61.8 Å². The topological polar surface area (TPSA) is 87.3 Å². The molecule has 2 aromatic rings. The molecule has 3 N–H and O–H groups in total. The maximum Gasteiger partial charge on any atom is 0.241 e. The molecule has 1 aliphatic heterocycles. The molecule has 1 heterocycles. The van der Waals surface area contributed by atoms with E-state index in [1.165, 1.54) is 17.7 Å². The van der Waals surface area contributed by atoms with Crippen LogP contribution in [0.25, 0.3) is 0 Å². The Bertz CT molecular complexity index is 1110. The summed E-state index contributed by atoms with van der Waals surface area (Å²) in [6, 6.07) is 9.44. The van der Waals surface area contributed by atoms with E-state index in [4.69, 9.17) is 0 Å². The highest BCUT2D eigenvalue weighted by Gasteiger charge is 2.30. The van der Waals surface area contributed by atoms with Crippen LogP contribution in [0.15, 0.2) is 41.3 Å². The van der Waals surface area contributed by atoms with Gasteiger partial charge in [0.15, 0.2) is 0 Å². The fourth-order valence-corrected chi connectivity index (χ4v) is 6.39. The Morgan fingerprint density at radius 2 is 1.82 bits per heavy atom. The van der Waals surface area contributed by atoms with Gasteiger partial charge in [0.1, 0.15) is 5.82 Å². The number of anilines is 1. The molecule has 0 aromatic heterocycles. The summed E-state index contributed by atoms with van der Waals surface area (Å²) in [5, 5.41) is 6.30. The zero-order valence-corrected chi connectivity index (χ0v) is 20.0. The predicted octanol–water partition coefficient (Wildman–Crippen LogP) is 4.21. The van der Waals surface area contributed by atoms with Crippen molar-refractivity contribution in [2.24, 2.45) is 5.92 Å². The number of halogens is 1. The van der Waals surface area contributed by atoms with Crippen LogP contribution in [0.5, 0.6) is 0 Å². The SMILES string of the molecule is Cc1cc2c(cc1S(=O)(=O)N[C@H]1CC[C@H](C(=O)N[C@H](C)c3ccc(F)cc3)CC1)NCCC2. The average Bonchev–Trinajstić information content (AvgIpc) is 2.79. The van der Waals surface area contributed by atoms with Crippen molar-refractivity contribution in [2.45, 2.75) is 69.4 Å².